The zero-order chi connectivity index (χ0) is 20.3. The van der Waals surface area contributed by atoms with Crippen molar-refractivity contribution in [1.29, 1.82) is 5.41 Å². The average molecular weight is 384 g/mol. The predicted molar refractivity (Wildman–Crippen MR) is 100 cm³/mol. The Morgan fingerprint density at radius 1 is 1.11 bits per heavy atom. The van der Waals surface area contributed by atoms with Crippen molar-refractivity contribution in [3.05, 3.63) is 71.7 Å². The average Bonchev–Trinajstić information content (AvgIpc) is 2.67. The third-order valence-electron chi connectivity index (χ3n) is 3.99. The predicted octanol–water partition coefficient (Wildman–Crippen LogP) is 5.11. The molecule has 1 aromatic carbocycles. The van der Waals surface area contributed by atoms with Gasteiger partial charge in [-0.3, -0.25) is 9.78 Å². The molecule has 2 heterocycles. The summed E-state index contributed by atoms with van der Waals surface area (Å²) in [5.41, 5.74) is 1.68. The molecule has 28 heavy (non-hydrogen) atoms. The van der Waals surface area contributed by atoms with Gasteiger partial charge >= 0.3 is 6.18 Å². The van der Waals surface area contributed by atoms with Crippen LogP contribution >= 0.6 is 0 Å². The maximum Gasteiger partial charge on any atom is 0.433 e. The Balaban J connectivity index is 2.00. The van der Waals surface area contributed by atoms with Gasteiger partial charge < -0.3 is 10.7 Å². The highest BCUT2D eigenvalue weighted by molar-refractivity contribution is 5.95. The summed E-state index contributed by atoms with van der Waals surface area (Å²) in [6, 6.07) is 10.3. The molecule has 0 saturated heterocycles. The first-order chi connectivity index (χ1) is 13.3. The van der Waals surface area contributed by atoms with Crippen molar-refractivity contribution < 1.29 is 18.0 Å². The Labute approximate surface area is 158 Å². The number of rotatable bonds is 5. The second kappa shape index (κ2) is 7.59. The lowest BCUT2D eigenvalue weighted by Crippen LogP contribution is -2.09. The van der Waals surface area contributed by atoms with Crippen LogP contribution in [0, 0.1) is 5.41 Å². The molecule has 0 fully saturated rings. The standard InChI is InChI=1S/C20H15F3N4O/c1-12(28)15-7-16(11-25-10-15)13-5-6-14(9-24)17(8-13)26-19-4-2-3-18(27-19)20(21,22)23/h2-11,24H,1H3,(H,26,27). The van der Waals surface area contributed by atoms with Crippen molar-refractivity contribution in [3.8, 4) is 11.1 Å². The molecule has 3 rings (SSSR count). The summed E-state index contributed by atoms with van der Waals surface area (Å²) >= 11 is 0. The van der Waals surface area contributed by atoms with Gasteiger partial charge in [0.05, 0.1) is 0 Å². The van der Waals surface area contributed by atoms with E-state index in [0.29, 0.717) is 27.9 Å². The first-order valence-corrected chi connectivity index (χ1v) is 8.20. The number of nitrogens with zero attached hydrogens (tertiary/aromatic N) is 2. The molecule has 8 heteroatoms. The fourth-order valence-electron chi connectivity index (χ4n) is 2.56. The van der Waals surface area contributed by atoms with Gasteiger partial charge in [0.15, 0.2) is 5.78 Å². The molecular formula is C20H15F3N4O. The molecule has 0 aliphatic carbocycles. The van der Waals surface area contributed by atoms with E-state index in [1.54, 1.807) is 30.5 Å². The number of pyridine rings is 2. The number of hydrogen-bond acceptors (Lipinski definition) is 5. The van der Waals surface area contributed by atoms with Crippen LogP contribution in [0.4, 0.5) is 24.7 Å². The van der Waals surface area contributed by atoms with E-state index in [1.807, 2.05) is 0 Å². The van der Waals surface area contributed by atoms with Gasteiger partial charge in [0.1, 0.15) is 11.5 Å². The summed E-state index contributed by atoms with van der Waals surface area (Å²) in [4.78, 5) is 19.2. The molecule has 0 atom stereocenters. The highest BCUT2D eigenvalue weighted by Crippen LogP contribution is 2.30. The summed E-state index contributed by atoms with van der Waals surface area (Å²) in [5, 5.41) is 10.4. The lowest BCUT2D eigenvalue weighted by Gasteiger charge is -2.13. The van der Waals surface area contributed by atoms with Crippen molar-refractivity contribution in [3.63, 3.8) is 0 Å². The number of aromatic nitrogens is 2. The summed E-state index contributed by atoms with van der Waals surface area (Å²) < 4.78 is 38.6. The number of benzene rings is 1. The normalized spacial score (nSPS) is 11.1. The van der Waals surface area contributed by atoms with Gasteiger partial charge in [-0.2, -0.15) is 13.2 Å². The molecule has 142 valence electrons. The van der Waals surface area contributed by atoms with Crippen LogP contribution in [0.25, 0.3) is 11.1 Å². The largest absolute Gasteiger partial charge is 0.433 e. The number of hydrogen-bond donors (Lipinski definition) is 2. The fourth-order valence-corrected chi connectivity index (χ4v) is 2.56. The fraction of sp³-hybridized carbons (Fsp3) is 0.100. The molecule has 3 aromatic rings. The maximum atomic E-state index is 12.9. The minimum Gasteiger partial charge on any atom is -0.340 e. The van der Waals surface area contributed by atoms with Crippen molar-refractivity contribution >= 4 is 23.5 Å². The smallest absolute Gasteiger partial charge is 0.340 e. The van der Waals surface area contributed by atoms with Crippen LogP contribution in [-0.2, 0) is 6.18 Å². The number of Topliss-reactive ketones (excluding diaryl/α,β-unsaturated/α-hetero) is 1. The molecule has 0 radical (unpaired) electrons. The second-order valence-electron chi connectivity index (χ2n) is 6.00. The Kier molecular flexibility index (Phi) is 5.21. The van der Waals surface area contributed by atoms with E-state index >= 15 is 0 Å². The number of carbonyl (C=O) groups is 1. The minimum atomic E-state index is -4.55. The highest BCUT2D eigenvalue weighted by atomic mass is 19.4. The van der Waals surface area contributed by atoms with Crippen LogP contribution in [-0.4, -0.2) is 22.0 Å². The molecule has 0 saturated carbocycles. The molecular weight excluding hydrogens is 369 g/mol. The van der Waals surface area contributed by atoms with Gasteiger partial charge in [0.2, 0.25) is 0 Å². The third-order valence-corrected chi connectivity index (χ3v) is 3.99. The van der Waals surface area contributed by atoms with Crippen LogP contribution in [0.2, 0.25) is 0 Å². The van der Waals surface area contributed by atoms with Crippen molar-refractivity contribution in [2.45, 2.75) is 13.1 Å². The molecule has 0 bridgehead atoms. The highest BCUT2D eigenvalue weighted by Gasteiger charge is 2.32. The summed E-state index contributed by atoms with van der Waals surface area (Å²) in [5.74, 6) is -0.123. The van der Waals surface area contributed by atoms with E-state index in [0.717, 1.165) is 12.3 Å². The van der Waals surface area contributed by atoms with Crippen molar-refractivity contribution in [1.82, 2.24) is 9.97 Å². The van der Waals surface area contributed by atoms with E-state index in [9.17, 15) is 18.0 Å². The Morgan fingerprint density at radius 3 is 2.57 bits per heavy atom. The molecule has 0 unspecified atom stereocenters. The molecule has 5 nitrogen and oxygen atoms in total. The van der Waals surface area contributed by atoms with Crippen molar-refractivity contribution in [2.75, 3.05) is 5.32 Å². The first-order valence-electron chi connectivity index (χ1n) is 8.20. The van der Waals surface area contributed by atoms with Crippen LogP contribution < -0.4 is 5.32 Å². The monoisotopic (exact) mass is 384 g/mol. The number of nitrogens with one attached hydrogen (secondary N) is 2. The van der Waals surface area contributed by atoms with E-state index in [2.05, 4.69) is 15.3 Å². The Bertz CT molecular complexity index is 1050. The summed E-state index contributed by atoms with van der Waals surface area (Å²) in [7, 11) is 0. The lowest BCUT2D eigenvalue weighted by atomic mass is 10.0. The van der Waals surface area contributed by atoms with E-state index in [1.165, 1.54) is 25.3 Å². The van der Waals surface area contributed by atoms with E-state index in [-0.39, 0.29) is 11.6 Å². The Morgan fingerprint density at radius 2 is 1.89 bits per heavy atom. The quantitative estimate of drug-likeness (QED) is 0.473. The van der Waals surface area contributed by atoms with Gasteiger partial charge in [-0.05, 0) is 36.8 Å². The van der Waals surface area contributed by atoms with Gasteiger partial charge in [0.25, 0.3) is 0 Å². The lowest BCUT2D eigenvalue weighted by molar-refractivity contribution is -0.141. The minimum absolute atomic E-state index is 0.00527. The van der Waals surface area contributed by atoms with Crippen molar-refractivity contribution in [2.24, 2.45) is 0 Å². The number of alkyl halides is 3. The third kappa shape index (κ3) is 4.22. The molecule has 0 aliphatic heterocycles. The van der Waals surface area contributed by atoms with Gasteiger partial charge in [-0.25, -0.2) is 4.98 Å². The number of halogens is 3. The van der Waals surface area contributed by atoms with Crippen LogP contribution in [0.3, 0.4) is 0 Å². The zero-order valence-corrected chi connectivity index (χ0v) is 14.7. The SMILES string of the molecule is CC(=O)c1cncc(-c2ccc(C=N)c(Nc3cccc(C(F)(F)F)n3)c2)c1. The van der Waals surface area contributed by atoms with E-state index in [4.69, 9.17) is 5.41 Å². The van der Waals surface area contributed by atoms with E-state index < -0.39 is 11.9 Å². The maximum absolute atomic E-state index is 12.9. The van der Waals surface area contributed by atoms with Crippen LogP contribution in [0.5, 0.6) is 0 Å². The molecule has 2 N–H and O–H groups in total. The molecule has 0 spiro atoms. The number of anilines is 2. The Hall–Kier alpha value is -3.55. The van der Waals surface area contributed by atoms with Gasteiger partial charge in [-0.15, -0.1) is 0 Å². The number of carbonyl (C=O) groups excluding carboxylic acids is 1. The molecule has 0 amide bonds. The van der Waals surface area contributed by atoms with Gasteiger partial charge in [-0.1, -0.05) is 18.2 Å². The summed E-state index contributed by atoms with van der Waals surface area (Å²) in [6.45, 7) is 1.44. The second-order valence-corrected chi connectivity index (χ2v) is 6.00. The molecule has 2 aromatic heterocycles. The zero-order valence-electron chi connectivity index (χ0n) is 14.7. The van der Waals surface area contributed by atoms with Gasteiger partial charge in [0, 0.05) is 41.0 Å². The molecule has 0 aliphatic rings. The van der Waals surface area contributed by atoms with Crippen LogP contribution in [0.1, 0.15) is 28.5 Å². The summed E-state index contributed by atoms with van der Waals surface area (Å²) in [6.07, 6.45) is -0.422. The van der Waals surface area contributed by atoms with Crippen LogP contribution in [0.15, 0.2) is 54.9 Å². The number of ketones is 1. The first kappa shape index (κ1) is 19.2. The topological polar surface area (TPSA) is 78.7 Å².